The van der Waals surface area contributed by atoms with Crippen molar-refractivity contribution in [3.05, 3.63) is 0 Å². The van der Waals surface area contributed by atoms with E-state index in [0.29, 0.717) is 0 Å². The van der Waals surface area contributed by atoms with Crippen LogP contribution in [0, 0.1) is 11.8 Å². The molecule has 11 heavy (non-hydrogen) atoms. The number of carbonyl (C=O) groups is 1. The molecule has 0 radical (unpaired) electrons. The first kappa shape index (κ1) is 10.6. The van der Waals surface area contributed by atoms with E-state index in [4.69, 9.17) is 0 Å². The molecule has 0 N–H and O–H groups in total. The van der Waals surface area contributed by atoms with Gasteiger partial charge in [0, 0.05) is 5.92 Å². The predicted octanol–water partition coefficient (Wildman–Crippen LogP) is 2.60. The van der Waals surface area contributed by atoms with Crippen molar-refractivity contribution in [1.82, 2.24) is 0 Å². The Morgan fingerprint density at radius 2 is 1.64 bits per heavy atom. The first-order chi connectivity index (χ1) is 4.80. The number of rotatable bonds is 3. The highest BCUT2D eigenvalue weighted by Gasteiger charge is 2.37. The van der Waals surface area contributed by atoms with E-state index in [9.17, 15) is 9.18 Å². The van der Waals surface area contributed by atoms with E-state index in [1.165, 1.54) is 6.92 Å². The Morgan fingerprint density at radius 3 is 1.73 bits per heavy atom. The maximum atomic E-state index is 13.5. The summed E-state index contributed by atoms with van der Waals surface area (Å²) in [7, 11) is 0. The Labute approximate surface area is 68.0 Å². The topological polar surface area (TPSA) is 17.1 Å². The SMILES string of the molecule is CC(C)C(=O)C(C)(F)C(C)C. The summed E-state index contributed by atoms with van der Waals surface area (Å²) in [5, 5.41) is 0. The molecule has 0 aromatic rings. The summed E-state index contributed by atoms with van der Waals surface area (Å²) in [5.41, 5.74) is -1.66. The summed E-state index contributed by atoms with van der Waals surface area (Å²) >= 11 is 0. The molecule has 0 fully saturated rings. The Morgan fingerprint density at radius 1 is 1.27 bits per heavy atom. The molecule has 0 amide bonds. The van der Waals surface area contributed by atoms with Gasteiger partial charge in [-0.3, -0.25) is 4.79 Å². The number of hydrogen-bond acceptors (Lipinski definition) is 1. The van der Waals surface area contributed by atoms with Crippen molar-refractivity contribution in [2.75, 3.05) is 0 Å². The van der Waals surface area contributed by atoms with Crippen LogP contribution < -0.4 is 0 Å². The van der Waals surface area contributed by atoms with Crippen molar-refractivity contribution in [3.8, 4) is 0 Å². The van der Waals surface area contributed by atoms with Crippen molar-refractivity contribution >= 4 is 5.78 Å². The lowest BCUT2D eigenvalue weighted by molar-refractivity contribution is -0.135. The molecule has 1 nitrogen and oxygen atoms in total. The average Bonchev–Trinajstić information content (AvgIpc) is 1.85. The molecule has 0 aliphatic heterocycles. The molecule has 2 heteroatoms. The van der Waals surface area contributed by atoms with E-state index in [1.807, 2.05) is 0 Å². The molecule has 0 saturated carbocycles. The Hall–Kier alpha value is -0.400. The summed E-state index contributed by atoms with van der Waals surface area (Å²) in [6, 6.07) is 0. The van der Waals surface area contributed by atoms with Gasteiger partial charge in [0.05, 0.1) is 0 Å². The van der Waals surface area contributed by atoms with Crippen LogP contribution in [0.3, 0.4) is 0 Å². The fourth-order valence-electron chi connectivity index (χ4n) is 0.849. The van der Waals surface area contributed by atoms with Crippen molar-refractivity contribution < 1.29 is 9.18 Å². The van der Waals surface area contributed by atoms with Crippen LogP contribution >= 0.6 is 0 Å². The van der Waals surface area contributed by atoms with Crippen LogP contribution in [0.4, 0.5) is 4.39 Å². The zero-order valence-corrected chi connectivity index (χ0v) is 7.94. The molecule has 1 unspecified atom stereocenters. The fourth-order valence-corrected chi connectivity index (χ4v) is 0.849. The highest BCUT2D eigenvalue weighted by atomic mass is 19.1. The minimum absolute atomic E-state index is 0.215. The molecule has 0 aliphatic carbocycles. The predicted molar refractivity (Wildman–Crippen MR) is 44.2 cm³/mol. The third-order valence-corrected chi connectivity index (χ3v) is 2.09. The van der Waals surface area contributed by atoms with Crippen LogP contribution in [0.15, 0.2) is 0 Å². The largest absolute Gasteiger partial charge is 0.296 e. The maximum Gasteiger partial charge on any atom is 0.172 e. The molecule has 0 heterocycles. The number of ketones is 1. The van der Waals surface area contributed by atoms with Gasteiger partial charge in [-0.2, -0.15) is 0 Å². The summed E-state index contributed by atoms with van der Waals surface area (Å²) in [4.78, 5) is 11.2. The van der Waals surface area contributed by atoms with Crippen molar-refractivity contribution in [3.63, 3.8) is 0 Å². The van der Waals surface area contributed by atoms with E-state index in [-0.39, 0.29) is 17.6 Å². The average molecular weight is 160 g/mol. The normalized spacial score (nSPS) is 17.1. The zero-order chi connectivity index (χ0) is 9.23. The van der Waals surface area contributed by atoms with Crippen LogP contribution in [0.5, 0.6) is 0 Å². The first-order valence-electron chi connectivity index (χ1n) is 4.03. The second-order valence-electron chi connectivity index (χ2n) is 3.75. The second-order valence-corrected chi connectivity index (χ2v) is 3.75. The maximum absolute atomic E-state index is 13.5. The Kier molecular flexibility index (Phi) is 3.21. The van der Waals surface area contributed by atoms with Gasteiger partial charge in [0.1, 0.15) is 0 Å². The Balaban J connectivity index is 4.43. The second kappa shape index (κ2) is 3.33. The van der Waals surface area contributed by atoms with E-state index in [0.717, 1.165) is 0 Å². The van der Waals surface area contributed by atoms with Gasteiger partial charge in [0.2, 0.25) is 0 Å². The zero-order valence-electron chi connectivity index (χ0n) is 7.94. The van der Waals surface area contributed by atoms with E-state index < -0.39 is 5.67 Å². The van der Waals surface area contributed by atoms with E-state index in [1.54, 1.807) is 27.7 Å². The summed E-state index contributed by atoms with van der Waals surface area (Å²) in [6.07, 6.45) is 0. The number of hydrogen-bond donors (Lipinski definition) is 0. The van der Waals surface area contributed by atoms with Crippen LogP contribution in [0.2, 0.25) is 0 Å². The van der Waals surface area contributed by atoms with Crippen molar-refractivity contribution in [1.29, 1.82) is 0 Å². The third kappa shape index (κ3) is 2.28. The van der Waals surface area contributed by atoms with Gasteiger partial charge < -0.3 is 0 Å². The third-order valence-electron chi connectivity index (χ3n) is 2.09. The molecular formula is C9H17FO. The quantitative estimate of drug-likeness (QED) is 0.620. The highest BCUT2D eigenvalue weighted by Crippen LogP contribution is 2.25. The molecule has 0 bridgehead atoms. The molecule has 0 saturated heterocycles. The van der Waals surface area contributed by atoms with Gasteiger partial charge in [-0.1, -0.05) is 27.7 Å². The fraction of sp³-hybridized carbons (Fsp3) is 0.889. The minimum Gasteiger partial charge on any atom is -0.296 e. The number of halogens is 1. The van der Waals surface area contributed by atoms with Gasteiger partial charge in [-0.25, -0.2) is 4.39 Å². The van der Waals surface area contributed by atoms with E-state index in [2.05, 4.69) is 0 Å². The molecule has 0 aromatic heterocycles. The molecule has 0 rings (SSSR count). The van der Waals surface area contributed by atoms with Crippen LogP contribution in [0.1, 0.15) is 34.6 Å². The molecule has 1 atom stereocenters. The summed E-state index contributed by atoms with van der Waals surface area (Å²) in [6.45, 7) is 8.26. The Bertz CT molecular complexity index is 148. The molecule has 66 valence electrons. The standard InChI is InChI=1S/C9H17FO/c1-6(2)8(11)9(5,10)7(3)4/h6-7H,1-5H3. The first-order valence-corrected chi connectivity index (χ1v) is 4.03. The van der Waals surface area contributed by atoms with Gasteiger partial charge >= 0.3 is 0 Å². The van der Waals surface area contributed by atoms with Crippen LogP contribution in [-0.2, 0) is 4.79 Å². The summed E-state index contributed by atoms with van der Waals surface area (Å²) < 4.78 is 13.5. The number of Topliss-reactive ketones (excluding diaryl/α,β-unsaturated/α-hetero) is 1. The van der Waals surface area contributed by atoms with Gasteiger partial charge in [-0.15, -0.1) is 0 Å². The molecule has 0 aromatic carbocycles. The minimum atomic E-state index is -1.66. The molecular weight excluding hydrogens is 143 g/mol. The van der Waals surface area contributed by atoms with Crippen LogP contribution in [-0.4, -0.2) is 11.5 Å². The van der Waals surface area contributed by atoms with Crippen molar-refractivity contribution in [2.24, 2.45) is 11.8 Å². The van der Waals surface area contributed by atoms with Crippen molar-refractivity contribution in [2.45, 2.75) is 40.3 Å². The van der Waals surface area contributed by atoms with Gasteiger partial charge in [0.25, 0.3) is 0 Å². The van der Waals surface area contributed by atoms with Crippen LogP contribution in [0.25, 0.3) is 0 Å². The lowest BCUT2D eigenvalue weighted by Crippen LogP contribution is -2.38. The summed E-state index contributed by atoms with van der Waals surface area (Å²) in [5.74, 6) is -0.752. The van der Waals surface area contributed by atoms with Gasteiger partial charge in [-0.05, 0) is 12.8 Å². The molecule has 0 spiro atoms. The van der Waals surface area contributed by atoms with E-state index >= 15 is 0 Å². The monoisotopic (exact) mass is 160 g/mol. The number of alkyl halides is 1. The van der Waals surface area contributed by atoms with Gasteiger partial charge in [0.15, 0.2) is 11.5 Å². The number of carbonyl (C=O) groups excluding carboxylic acids is 1. The molecule has 0 aliphatic rings. The smallest absolute Gasteiger partial charge is 0.172 e. The highest BCUT2D eigenvalue weighted by molar-refractivity contribution is 5.88. The lowest BCUT2D eigenvalue weighted by Gasteiger charge is -2.24. The lowest BCUT2D eigenvalue weighted by atomic mass is 9.85.